The summed E-state index contributed by atoms with van der Waals surface area (Å²) in [6.45, 7) is 1.08. The first-order chi connectivity index (χ1) is 16.9. The average molecular weight is 472 g/mol. The van der Waals surface area contributed by atoms with Crippen LogP contribution in [0.25, 0.3) is 0 Å². The van der Waals surface area contributed by atoms with Crippen LogP contribution >= 0.6 is 0 Å². The van der Waals surface area contributed by atoms with E-state index in [0.29, 0.717) is 47.6 Å². The number of anilines is 1. The number of hydrogen-bond acceptors (Lipinski definition) is 6. The second-order valence-electron chi connectivity index (χ2n) is 8.95. The maximum atomic E-state index is 13.2. The summed E-state index contributed by atoms with van der Waals surface area (Å²) in [5, 5.41) is 20.4. The third kappa shape index (κ3) is 3.82. The number of nitrogens with zero attached hydrogens (tertiary/aromatic N) is 5. The Morgan fingerprint density at radius 2 is 1.83 bits per heavy atom. The molecule has 3 heterocycles. The number of carbonyl (C=O) groups is 1. The van der Waals surface area contributed by atoms with Gasteiger partial charge in [0.15, 0.2) is 6.23 Å². The van der Waals surface area contributed by atoms with Gasteiger partial charge in [-0.1, -0.05) is 36.4 Å². The summed E-state index contributed by atoms with van der Waals surface area (Å²) in [6.07, 6.45) is 0.381. The number of fused-ring (bicyclic) bond motifs is 1. The van der Waals surface area contributed by atoms with Crippen LogP contribution in [0.4, 0.5) is 5.82 Å². The van der Waals surface area contributed by atoms with Crippen molar-refractivity contribution in [1.82, 2.24) is 14.0 Å². The Hall–Kier alpha value is -4.16. The molecule has 9 nitrogen and oxygen atoms in total. The summed E-state index contributed by atoms with van der Waals surface area (Å²) in [6, 6.07) is 17.4. The van der Waals surface area contributed by atoms with Crippen LogP contribution in [0.2, 0.25) is 0 Å². The molecule has 0 bridgehead atoms. The van der Waals surface area contributed by atoms with E-state index in [4.69, 9.17) is 0 Å². The van der Waals surface area contributed by atoms with E-state index < -0.39 is 17.5 Å². The third-order valence-electron chi connectivity index (χ3n) is 6.93. The lowest BCUT2D eigenvalue weighted by atomic mass is 10.0. The lowest BCUT2D eigenvalue weighted by Crippen LogP contribution is -2.51. The zero-order valence-electron chi connectivity index (χ0n) is 19.3. The van der Waals surface area contributed by atoms with Crippen molar-refractivity contribution in [2.24, 2.45) is 7.05 Å². The summed E-state index contributed by atoms with van der Waals surface area (Å²) in [5.41, 5.74) is 1.31. The van der Waals surface area contributed by atoms with E-state index >= 15 is 0 Å². The Morgan fingerprint density at radius 1 is 1.09 bits per heavy atom. The topological polar surface area (TPSA) is 112 Å². The molecule has 5 rings (SSSR count). The fourth-order valence-electron chi connectivity index (χ4n) is 5.08. The highest BCUT2D eigenvalue weighted by molar-refractivity contribution is 5.99. The van der Waals surface area contributed by atoms with E-state index in [0.717, 1.165) is 11.0 Å². The van der Waals surface area contributed by atoms with Crippen LogP contribution in [-0.4, -0.2) is 44.2 Å². The molecule has 0 radical (unpaired) electrons. The molecule has 35 heavy (non-hydrogen) atoms. The fourth-order valence-corrected chi connectivity index (χ4v) is 5.08. The standard InChI is InChI=1S/C26H25N5O4/c1-28-23(32)13-22(30(26(28)35)15-18-8-3-2-7-17(18)14-27)29-12-6-9-19(16-29)31-24(33)20-10-4-5-11-21(20)25(31)34/h2-5,7-8,10-11,13,19,24,33H,6,9,12,15-16H2,1H3/t19-,24?/m1/s1. The molecular weight excluding hydrogens is 446 g/mol. The van der Waals surface area contributed by atoms with Crippen LogP contribution in [0, 0.1) is 11.3 Å². The molecule has 1 unspecified atom stereocenters. The van der Waals surface area contributed by atoms with Crippen LogP contribution < -0.4 is 16.1 Å². The van der Waals surface area contributed by atoms with Crippen LogP contribution in [-0.2, 0) is 13.6 Å². The second-order valence-corrected chi connectivity index (χ2v) is 8.95. The minimum atomic E-state index is -1.03. The Labute approximate surface area is 201 Å². The number of rotatable bonds is 4. The van der Waals surface area contributed by atoms with Gasteiger partial charge in [-0.15, -0.1) is 0 Å². The largest absolute Gasteiger partial charge is 0.369 e. The number of amides is 1. The number of piperidine rings is 1. The van der Waals surface area contributed by atoms with Gasteiger partial charge in [-0.3, -0.25) is 18.7 Å². The molecular formula is C26H25N5O4. The van der Waals surface area contributed by atoms with Crippen molar-refractivity contribution in [2.45, 2.75) is 31.7 Å². The molecule has 178 valence electrons. The molecule has 1 amide bonds. The van der Waals surface area contributed by atoms with Gasteiger partial charge in [0, 0.05) is 37.3 Å². The van der Waals surface area contributed by atoms with E-state index in [1.54, 1.807) is 48.5 Å². The lowest BCUT2D eigenvalue weighted by molar-refractivity contribution is -0.00595. The van der Waals surface area contributed by atoms with Crippen molar-refractivity contribution >= 4 is 11.7 Å². The van der Waals surface area contributed by atoms with Crippen molar-refractivity contribution in [3.8, 4) is 6.07 Å². The Bertz CT molecular complexity index is 1470. The van der Waals surface area contributed by atoms with Gasteiger partial charge in [-0.25, -0.2) is 4.79 Å². The number of aliphatic hydroxyl groups is 1. The van der Waals surface area contributed by atoms with E-state index in [1.165, 1.54) is 22.6 Å². The molecule has 0 spiro atoms. The van der Waals surface area contributed by atoms with Crippen molar-refractivity contribution in [2.75, 3.05) is 18.0 Å². The van der Waals surface area contributed by atoms with Crippen LogP contribution in [0.5, 0.6) is 0 Å². The normalized spacial score (nSPS) is 19.5. The summed E-state index contributed by atoms with van der Waals surface area (Å²) in [7, 11) is 1.43. The summed E-state index contributed by atoms with van der Waals surface area (Å²) >= 11 is 0. The van der Waals surface area contributed by atoms with Crippen LogP contribution in [0.15, 0.2) is 64.2 Å². The highest BCUT2D eigenvalue weighted by Gasteiger charge is 2.41. The molecule has 0 aliphatic carbocycles. The van der Waals surface area contributed by atoms with Gasteiger partial charge in [0.2, 0.25) is 0 Å². The number of aromatic nitrogens is 2. The quantitative estimate of drug-likeness (QED) is 0.619. The lowest BCUT2D eigenvalue weighted by Gasteiger charge is -2.40. The highest BCUT2D eigenvalue weighted by atomic mass is 16.3. The minimum absolute atomic E-state index is 0.129. The van der Waals surface area contributed by atoms with Crippen molar-refractivity contribution in [3.63, 3.8) is 0 Å². The van der Waals surface area contributed by atoms with Crippen LogP contribution in [0.1, 0.15) is 46.1 Å². The van der Waals surface area contributed by atoms with Crippen molar-refractivity contribution in [3.05, 3.63) is 97.7 Å². The average Bonchev–Trinajstić information content (AvgIpc) is 3.14. The Kier molecular flexibility index (Phi) is 5.75. The van der Waals surface area contributed by atoms with Crippen LogP contribution in [0.3, 0.4) is 0 Å². The third-order valence-corrected chi connectivity index (χ3v) is 6.93. The predicted molar refractivity (Wildman–Crippen MR) is 129 cm³/mol. The maximum Gasteiger partial charge on any atom is 0.332 e. The minimum Gasteiger partial charge on any atom is -0.369 e. The fraction of sp³-hybridized carbons (Fsp3) is 0.308. The molecule has 2 atom stereocenters. The number of benzene rings is 2. The van der Waals surface area contributed by atoms with E-state index in [9.17, 15) is 24.8 Å². The van der Waals surface area contributed by atoms with E-state index in [-0.39, 0.29) is 18.5 Å². The first-order valence-corrected chi connectivity index (χ1v) is 11.5. The van der Waals surface area contributed by atoms with Gasteiger partial charge >= 0.3 is 5.69 Å². The molecule has 3 aromatic rings. The van der Waals surface area contributed by atoms with Crippen molar-refractivity contribution in [1.29, 1.82) is 5.26 Å². The number of carbonyl (C=O) groups excluding carboxylic acids is 1. The molecule has 1 saturated heterocycles. The SMILES string of the molecule is Cn1c(=O)cc(N2CCC[C@@H](N3C(=O)c4ccccc4C3O)C2)n(Cc2ccccc2C#N)c1=O. The number of nitriles is 1. The van der Waals surface area contributed by atoms with Gasteiger partial charge in [0.1, 0.15) is 5.82 Å². The van der Waals surface area contributed by atoms with E-state index in [2.05, 4.69) is 6.07 Å². The first kappa shape index (κ1) is 22.6. The molecule has 2 aliphatic heterocycles. The summed E-state index contributed by atoms with van der Waals surface area (Å²) in [5.74, 6) is 0.221. The molecule has 1 aromatic heterocycles. The molecule has 9 heteroatoms. The zero-order chi connectivity index (χ0) is 24.7. The summed E-state index contributed by atoms with van der Waals surface area (Å²) in [4.78, 5) is 42.3. The first-order valence-electron chi connectivity index (χ1n) is 11.5. The molecule has 1 fully saturated rings. The molecule has 0 saturated carbocycles. The molecule has 2 aliphatic rings. The Balaban J connectivity index is 1.51. The zero-order valence-corrected chi connectivity index (χ0v) is 19.3. The molecule has 2 aromatic carbocycles. The van der Waals surface area contributed by atoms with Gasteiger partial charge < -0.3 is 14.9 Å². The van der Waals surface area contributed by atoms with Gasteiger partial charge in [-0.2, -0.15) is 5.26 Å². The predicted octanol–water partition coefficient (Wildman–Crippen LogP) is 1.58. The van der Waals surface area contributed by atoms with Crippen molar-refractivity contribution < 1.29 is 9.90 Å². The van der Waals surface area contributed by atoms with Gasteiger partial charge in [0.25, 0.3) is 11.5 Å². The second kappa shape index (κ2) is 8.89. The van der Waals surface area contributed by atoms with Gasteiger partial charge in [-0.05, 0) is 30.5 Å². The van der Waals surface area contributed by atoms with Gasteiger partial charge in [0.05, 0.1) is 24.2 Å². The number of hydrogen-bond donors (Lipinski definition) is 1. The monoisotopic (exact) mass is 471 g/mol. The molecule has 1 N–H and O–H groups in total. The highest BCUT2D eigenvalue weighted by Crippen LogP contribution is 2.35. The Morgan fingerprint density at radius 3 is 2.60 bits per heavy atom. The number of aliphatic hydroxyl groups excluding tert-OH is 1. The smallest absolute Gasteiger partial charge is 0.332 e. The maximum absolute atomic E-state index is 13.2. The summed E-state index contributed by atoms with van der Waals surface area (Å²) < 4.78 is 2.54. The van der Waals surface area contributed by atoms with E-state index in [1.807, 2.05) is 4.90 Å².